The smallest absolute Gasteiger partial charge is 0.229 e. The summed E-state index contributed by atoms with van der Waals surface area (Å²) in [5.41, 5.74) is 7.78. The highest BCUT2D eigenvalue weighted by Crippen LogP contribution is 2.23. The van der Waals surface area contributed by atoms with E-state index in [1.807, 2.05) is 6.92 Å². The van der Waals surface area contributed by atoms with Crippen molar-refractivity contribution in [3.8, 4) is 0 Å². The molecule has 0 spiro atoms. The molecule has 0 saturated carbocycles. The minimum atomic E-state index is -0.0693. The van der Waals surface area contributed by atoms with Crippen molar-refractivity contribution in [2.24, 2.45) is 22.6 Å². The van der Waals surface area contributed by atoms with E-state index in [4.69, 9.17) is 27.1 Å². The number of nitrogens with zero attached hydrogens (tertiary/aromatic N) is 2. The number of nitrogens with one attached hydrogen (secondary N) is 3. The quantitative estimate of drug-likeness (QED) is 0.443. The van der Waals surface area contributed by atoms with Crippen LogP contribution in [0.25, 0.3) is 0 Å². The van der Waals surface area contributed by atoms with Gasteiger partial charge in [-0.15, -0.1) is 0 Å². The second-order valence-corrected chi connectivity index (χ2v) is 8.72. The van der Waals surface area contributed by atoms with Crippen molar-refractivity contribution in [3.63, 3.8) is 0 Å². The van der Waals surface area contributed by atoms with Gasteiger partial charge in [-0.05, 0) is 56.7 Å². The standard InChI is InChI=1S/C23H33ClN6O2/c1-15(2)22(29-21(11-25)27-12-16-5-8-32-9-6-16)18-10-20(28-14-19(18)24)30-23(31)17-4-3-7-26-13-17/h10-11,14,16-17,26-27H,1,3-9,12-13,25H2,2H3,(H,28,30,31)/b21-11-,29-22+/t17-/m1/s1. The van der Waals surface area contributed by atoms with Crippen molar-refractivity contribution in [1.82, 2.24) is 15.6 Å². The zero-order chi connectivity index (χ0) is 22.9. The predicted molar refractivity (Wildman–Crippen MR) is 129 cm³/mol. The Bertz CT molecular complexity index is 873. The van der Waals surface area contributed by atoms with Crippen LogP contribution in [0.3, 0.4) is 0 Å². The molecule has 2 aliphatic heterocycles. The average Bonchev–Trinajstić information content (AvgIpc) is 2.82. The Hall–Kier alpha value is -2.42. The van der Waals surface area contributed by atoms with Gasteiger partial charge in [-0.3, -0.25) is 4.79 Å². The number of amides is 1. The molecule has 3 rings (SSSR count). The molecule has 0 radical (unpaired) electrons. The maximum Gasteiger partial charge on any atom is 0.229 e. The number of rotatable bonds is 8. The van der Waals surface area contributed by atoms with E-state index in [1.54, 1.807) is 6.07 Å². The number of anilines is 1. The van der Waals surface area contributed by atoms with Gasteiger partial charge in [0.05, 0.1) is 16.7 Å². The van der Waals surface area contributed by atoms with E-state index in [9.17, 15) is 4.79 Å². The van der Waals surface area contributed by atoms with E-state index >= 15 is 0 Å². The van der Waals surface area contributed by atoms with Crippen LogP contribution in [0.2, 0.25) is 5.02 Å². The van der Waals surface area contributed by atoms with E-state index in [-0.39, 0.29) is 11.8 Å². The molecule has 2 fully saturated rings. The van der Waals surface area contributed by atoms with E-state index in [0.29, 0.717) is 40.4 Å². The molecule has 1 atom stereocenters. The molecule has 1 aromatic heterocycles. The molecule has 2 saturated heterocycles. The predicted octanol–water partition coefficient (Wildman–Crippen LogP) is 2.81. The molecular formula is C23H33ClN6O2. The van der Waals surface area contributed by atoms with Gasteiger partial charge in [0.15, 0.2) is 0 Å². The number of aromatic nitrogens is 1. The SMILES string of the molecule is C=C(C)/C(=N\C(=C/N)NCC1CCOCC1)c1cc(NC(=O)[C@@H]2CCCNC2)ncc1Cl. The molecular weight excluding hydrogens is 428 g/mol. The lowest BCUT2D eigenvalue weighted by atomic mass is 9.99. The molecule has 1 amide bonds. The second kappa shape index (κ2) is 12.0. The monoisotopic (exact) mass is 460 g/mol. The Balaban J connectivity index is 1.75. The summed E-state index contributed by atoms with van der Waals surface area (Å²) in [4.78, 5) is 21.6. The first-order valence-electron chi connectivity index (χ1n) is 11.1. The first kappa shape index (κ1) is 24.2. The molecule has 0 aromatic carbocycles. The largest absolute Gasteiger partial charge is 0.402 e. The third kappa shape index (κ3) is 6.79. The van der Waals surface area contributed by atoms with Crippen molar-refractivity contribution < 1.29 is 9.53 Å². The zero-order valence-electron chi connectivity index (χ0n) is 18.6. The first-order chi connectivity index (χ1) is 15.5. The van der Waals surface area contributed by atoms with Crippen molar-refractivity contribution in [2.45, 2.75) is 32.6 Å². The van der Waals surface area contributed by atoms with Gasteiger partial charge in [-0.1, -0.05) is 18.2 Å². The number of hydrogen-bond acceptors (Lipinski definition) is 7. The second-order valence-electron chi connectivity index (χ2n) is 8.31. The first-order valence-corrected chi connectivity index (χ1v) is 11.5. The zero-order valence-corrected chi connectivity index (χ0v) is 19.4. The Morgan fingerprint density at radius 3 is 2.88 bits per heavy atom. The summed E-state index contributed by atoms with van der Waals surface area (Å²) in [7, 11) is 0. The van der Waals surface area contributed by atoms with E-state index in [0.717, 1.165) is 57.6 Å². The van der Waals surface area contributed by atoms with Crippen LogP contribution in [-0.4, -0.2) is 49.5 Å². The van der Waals surface area contributed by atoms with Crippen LogP contribution in [0.15, 0.2) is 41.4 Å². The van der Waals surface area contributed by atoms with E-state index < -0.39 is 0 Å². The molecule has 32 heavy (non-hydrogen) atoms. The molecule has 1 aromatic rings. The third-order valence-corrected chi connectivity index (χ3v) is 6.04. The summed E-state index contributed by atoms with van der Waals surface area (Å²) < 4.78 is 5.42. The van der Waals surface area contributed by atoms with E-state index in [1.165, 1.54) is 12.4 Å². The lowest BCUT2D eigenvalue weighted by Crippen LogP contribution is -2.37. The number of ether oxygens (including phenoxy) is 1. The summed E-state index contributed by atoms with van der Waals surface area (Å²) in [6.45, 7) is 9.87. The number of allylic oxidation sites excluding steroid dienone is 1. The Labute approximate surface area is 194 Å². The number of pyridine rings is 1. The minimum Gasteiger partial charge on any atom is -0.402 e. The summed E-state index contributed by atoms with van der Waals surface area (Å²) >= 11 is 6.45. The summed E-state index contributed by atoms with van der Waals surface area (Å²) in [6.07, 6.45) is 6.83. The van der Waals surface area contributed by atoms with Crippen LogP contribution in [-0.2, 0) is 9.53 Å². The van der Waals surface area contributed by atoms with E-state index in [2.05, 4.69) is 27.5 Å². The van der Waals surface area contributed by atoms with Crippen LogP contribution >= 0.6 is 11.6 Å². The normalized spacial score (nSPS) is 20.6. The lowest BCUT2D eigenvalue weighted by Gasteiger charge is -2.23. The topological polar surface area (TPSA) is 114 Å². The Morgan fingerprint density at radius 1 is 1.44 bits per heavy atom. The molecule has 174 valence electrons. The van der Waals surface area contributed by atoms with Gasteiger partial charge < -0.3 is 26.4 Å². The number of carbonyl (C=O) groups excluding carboxylic acids is 1. The van der Waals surface area contributed by atoms with Crippen LogP contribution in [0.1, 0.15) is 38.2 Å². The highest BCUT2D eigenvalue weighted by molar-refractivity contribution is 6.35. The number of aliphatic imine (C=N–C) groups is 1. The lowest BCUT2D eigenvalue weighted by molar-refractivity contribution is -0.120. The molecule has 8 nitrogen and oxygen atoms in total. The molecule has 9 heteroatoms. The number of nitrogens with two attached hydrogens (primary N) is 1. The van der Waals surface area contributed by atoms with Crippen molar-refractivity contribution in [1.29, 1.82) is 0 Å². The Morgan fingerprint density at radius 2 is 2.22 bits per heavy atom. The average molecular weight is 461 g/mol. The molecule has 3 heterocycles. The molecule has 0 bridgehead atoms. The summed E-state index contributed by atoms with van der Waals surface area (Å²) in [5.74, 6) is 1.37. The fourth-order valence-corrected chi connectivity index (χ4v) is 4.03. The number of hydrogen-bond donors (Lipinski definition) is 4. The highest BCUT2D eigenvalue weighted by Gasteiger charge is 2.22. The van der Waals surface area contributed by atoms with Gasteiger partial charge in [0.2, 0.25) is 5.91 Å². The van der Waals surface area contributed by atoms with Gasteiger partial charge in [0, 0.05) is 44.3 Å². The van der Waals surface area contributed by atoms with Gasteiger partial charge in [0.25, 0.3) is 0 Å². The number of carbonyl (C=O) groups is 1. The molecule has 0 unspecified atom stereocenters. The van der Waals surface area contributed by atoms with Crippen molar-refractivity contribution in [3.05, 3.63) is 47.0 Å². The van der Waals surface area contributed by atoms with Gasteiger partial charge >= 0.3 is 0 Å². The van der Waals surface area contributed by atoms with Crippen LogP contribution in [0.4, 0.5) is 5.82 Å². The highest BCUT2D eigenvalue weighted by atomic mass is 35.5. The minimum absolute atomic E-state index is 0.0487. The van der Waals surface area contributed by atoms with Gasteiger partial charge in [-0.25, -0.2) is 9.98 Å². The fourth-order valence-electron chi connectivity index (χ4n) is 3.83. The molecule has 5 N–H and O–H groups in total. The van der Waals surface area contributed by atoms with Gasteiger partial charge in [-0.2, -0.15) is 0 Å². The van der Waals surface area contributed by atoms with Gasteiger partial charge in [0.1, 0.15) is 11.6 Å². The summed E-state index contributed by atoms with van der Waals surface area (Å²) in [5, 5.41) is 9.90. The molecule has 2 aliphatic rings. The fraction of sp³-hybridized carbons (Fsp3) is 0.522. The van der Waals surface area contributed by atoms with Crippen LogP contribution in [0, 0.1) is 11.8 Å². The van der Waals surface area contributed by atoms with Crippen LogP contribution in [0.5, 0.6) is 0 Å². The van der Waals surface area contributed by atoms with Crippen LogP contribution < -0.4 is 21.7 Å². The van der Waals surface area contributed by atoms with Crippen molar-refractivity contribution >= 4 is 29.0 Å². The molecule has 0 aliphatic carbocycles. The number of piperidine rings is 1. The van der Waals surface area contributed by atoms with Crippen molar-refractivity contribution in [2.75, 3.05) is 38.2 Å². The third-order valence-electron chi connectivity index (χ3n) is 5.74. The summed E-state index contributed by atoms with van der Waals surface area (Å²) in [6, 6.07) is 1.73. The number of halogens is 1. The Kier molecular flexibility index (Phi) is 9.08. The maximum absolute atomic E-state index is 12.6. The maximum atomic E-state index is 12.6.